The van der Waals surface area contributed by atoms with Crippen molar-refractivity contribution in [1.29, 1.82) is 5.26 Å². The zero-order chi connectivity index (χ0) is 24.5. The summed E-state index contributed by atoms with van der Waals surface area (Å²) < 4.78 is 22.2. The Morgan fingerprint density at radius 1 is 1.26 bits per heavy atom. The molecule has 0 aliphatic carbocycles. The number of fused-ring (bicyclic) bond motifs is 1. The molecule has 0 radical (unpaired) electrons. The number of hydrogen-bond acceptors (Lipinski definition) is 5. The summed E-state index contributed by atoms with van der Waals surface area (Å²) in [6.45, 7) is 3.78. The van der Waals surface area contributed by atoms with Crippen LogP contribution in [0, 0.1) is 17.1 Å². The zero-order valence-corrected chi connectivity index (χ0v) is 19.4. The number of aromatic nitrogens is 2. The Bertz CT molecular complexity index is 1310. The topological polar surface area (TPSA) is 103 Å². The molecular weight excluding hydrogens is 449 g/mol. The average Bonchev–Trinajstić information content (AvgIpc) is 3.35. The molecule has 1 amide bonds. The van der Waals surface area contributed by atoms with Crippen LogP contribution in [0.4, 0.5) is 14.9 Å². The van der Waals surface area contributed by atoms with Gasteiger partial charge in [0, 0.05) is 35.0 Å². The van der Waals surface area contributed by atoms with Crippen molar-refractivity contribution in [3.05, 3.63) is 59.7 Å². The van der Waals surface area contributed by atoms with Crippen molar-refractivity contribution in [3.8, 4) is 28.7 Å². The van der Waals surface area contributed by atoms with Crippen LogP contribution in [0.5, 0.6) is 11.5 Å². The van der Waals surface area contributed by atoms with E-state index in [1.807, 2.05) is 36.0 Å². The first-order chi connectivity index (χ1) is 17.0. The SMILES string of the molecule is C[C@H]1CCc2c(ccc(-c3cnn(C4CCNCC4)c3)c2Oc2ccc(F)c(C#N)c2)N1C(=O)O. The standard InChI is InChI=1S/C26H26FN5O3/c1-16-2-4-22-24(32(16)26(33)34)7-5-21(18-14-30-31(15-18)19-8-10-29-11-9-19)25(22)35-20-3-6-23(27)17(12-20)13-28/h3,5-7,12,14-16,19,29H,2,4,8-11H2,1H3,(H,33,34)/t16-/m0/s1. The van der Waals surface area contributed by atoms with Gasteiger partial charge in [0.2, 0.25) is 0 Å². The van der Waals surface area contributed by atoms with Crippen molar-refractivity contribution < 1.29 is 19.0 Å². The first-order valence-corrected chi connectivity index (χ1v) is 11.8. The van der Waals surface area contributed by atoms with Gasteiger partial charge in [-0.25, -0.2) is 9.18 Å². The van der Waals surface area contributed by atoms with Crippen molar-refractivity contribution in [1.82, 2.24) is 15.1 Å². The number of amides is 1. The summed E-state index contributed by atoms with van der Waals surface area (Å²) in [4.78, 5) is 13.4. The Kier molecular flexibility index (Phi) is 6.14. The van der Waals surface area contributed by atoms with Gasteiger partial charge in [0.25, 0.3) is 0 Å². The molecule has 1 atom stereocenters. The van der Waals surface area contributed by atoms with Gasteiger partial charge in [0.1, 0.15) is 23.4 Å². The molecule has 0 unspecified atom stereocenters. The minimum atomic E-state index is -1.02. The number of ether oxygens (including phenoxy) is 1. The number of nitrogens with zero attached hydrogens (tertiary/aromatic N) is 4. The van der Waals surface area contributed by atoms with Crippen LogP contribution in [0.3, 0.4) is 0 Å². The number of piperidine rings is 1. The number of halogens is 1. The van der Waals surface area contributed by atoms with Gasteiger partial charge in [-0.1, -0.05) is 0 Å². The summed E-state index contributed by atoms with van der Waals surface area (Å²) >= 11 is 0. The van der Waals surface area contributed by atoms with Gasteiger partial charge < -0.3 is 15.2 Å². The Hall–Kier alpha value is -3.90. The third-order valence-corrected chi connectivity index (χ3v) is 6.83. The predicted octanol–water partition coefficient (Wildman–Crippen LogP) is 5.10. The third kappa shape index (κ3) is 4.33. The molecular formula is C26H26FN5O3. The molecule has 2 aromatic carbocycles. The second-order valence-electron chi connectivity index (χ2n) is 9.03. The monoisotopic (exact) mass is 475 g/mol. The van der Waals surface area contributed by atoms with E-state index >= 15 is 0 Å². The maximum atomic E-state index is 13.9. The van der Waals surface area contributed by atoms with E-state index in [1.54, 1.807) is 6.20 Å². The van der Waals surface area contributed by atoms with Gasteiger partial charge in [-0.3, -0.25) is 9.58 Å². The molecule has 0 bridgehead atoms. The van der Waals surface area contributed by atoms with Crippen LogP contribution >= 0.6 is 0 Å². The minimum absolute atomic E-state index is 0.117. The largest absolute Gasteiger partial charge is 0.465 e. The highest BCUT2D eigenvalue weighted by molar-refractivity contribution is 5.91. The summed E-state index contributed by atoms with van der Waals surface area (Å²) in [7, 11) is 0. The first-order valence-electron chi connectivity index (χ1n) is 11.8. The normalized spacial score (nSPS) is 18.1. The van der Waals surface area contributed by atoms with E-state index in [0.29, 0.717) is 36.1 Å². The molecule has 1 saturated heterocycles. The molecule has 8 nitrogen and oxygen atoms in total. The molecule has 1 aromatic heterocycles. The number of carbonyl (C=O) groups is 1. The molecule has 9 heteroatoms. The van der Waals surface area contributed by atoms with Crippen molar-refractivity contribution in [2.75, 3.05) is 18.0 Å². The number of nitriles is 1. The molecule has 180 valence electrons. The fraction of sp³-hybridized carbons (Fsp3) is 0.346. The van der Waals surface area contributed by atoms with E-state index < -0.39 is 11.9 Å². The second-order valence-corrected chi connectivity index (χ2v) is 9.03. The molecule has 3 aromatic rings. The van der Waals surface area contributed by atoms with E-state index in [-0.39, 0.29) is 11.6 Å². The van der Waals surface area contributed by atoms with Crippen molar-refractivity contribution in [3.63, 3.8) is 0 Å². The lowest BCUT2D eigenvalue weighted by molar-refractivity contribution is 0.198. The molecule has 1 fully saturated rings. The van der Waals surface area contributed by atoms with Gasteiger partial charge in [0.05, 0.1) is 23.5 Å². The van der Waals surface area contributed by atoms with Crippen molar-refractivity contribution in [2.45, 2.75) is 44.7 Å². The van der Waals surface area contributed by atoms with Crippen LogP contribution in [0.1, 0.15) is 43.4 Å². The second kappa shape index (κ2) is 9.39. The highest BCUT2D eigenvalue weighted by Gasteiger charge is 2.32. The molecule has 0 spiro atoms. The number of nitrogens with one attached hydrogen (secondary N) is 1. The fourth-order valence-electron chi connectivity index (χ4n) is 4.96. The summed E-state index contributed by atoms with van der Waals surface area (Å²) in [5, 5.41) is 27.1. The third-order valence-electron chi connectivity index (χ3n) is 6.83. The summed E-state index contributed by atoms with van der Waals surface area (Å²) in [5.41, 5.74) is 2.84. The summed E-state index contributed by atoms with van der Waals surface area (Å²) in [5.74, 6) is 0.189. The number of rotatable bonds is 4. The van der Waals surface area contributed by atoms with E-state index in [4.69, 9.17) is 4.74 Å². The predicted molar refractivity (Wildman–Crippen MR) is 128 cm³/mol. The molecule has 5 rings (SSSR count). The zero-order valence-electron chi connectivity index (χ0n) is 19.4. The first kappa shape index (κ1) is 22.9. The highest BCUT2D eigenvalue weighted by Crippen LogP contribution is 2.45. The van der Waals surface area contributed by atoms with Crippen LogP contribution in [0.2, 0.25) is 0 Å². The van der Waals surface area contributed by atoms with Gasteiger partial charge in [-0.2, -0.15) is 10.4 Å². The molecule has 2 aliphatic rings. The fourth-order valence-corrected chi connectivity index (χ4v) is 4.96. The molecule has 2 N–H and O–H groups in total. The van der Waals surface area contributed by atoms with Crippen LogP contribution < -0.4 is 15.0 Å². The molecule has 3 heterocycles. The molecule has 0 saturated carbocycles. The highest BCUT2D eigenvalue weighted by atomic mass is 19.1. The smallest absolute Gasteiger partial charge is 0.412 e. The maximum absolute atomic E-state index is 13.9. The Balaban J connectivity index is 1.61. The van der Waals surface area contributed by atoms with E-state index in [1.165, 1.54) is 23.1 Å². The lowest BCUT2D eigenvalue weighted by Crippen LogP contribution is -2.41. The van der Waals surface area contributed by atoms with Crippen LogP contribution in [-0.2, 0) is 6.42 Å². The van der Waals surface area contributed by atoms with Crippen LogP contribution in [0.15, 0.2) is 42.7 Å². The van der Waals surface area contributed by atoms with Gasteiger partial charge >= 0.3 is 6.09 Å². The number of hydrogen-bond donors (Lipinski definition) is 2. The molecule has 2 aliphatic heterocycles. The van der Waals surface area contributed by atoms with Gasteiger partial charge in [-0.15, -0.1) is 0 Å². The van der Waals surface area contributed by atoms with Crippen LogP contribution in [0.25, 0.3) is 11.1 Å². The number of carboxylic acid groups (broad SMARTS) is 1. The van der Waals surface area contributed by atoms with Crippen molar-refractivity contribution >= 4 is 11.8 Å². The lowest BCUT2D eigenvalue weighted by atomic mass is 9.92. The number of benzene rings is 2. The van der Waals surface area contributed by atoms with E-state index in [2.05, 4.69) is 10.4 Å². The Morgan fingerprint density at radius 2 is 2.06 bits per heavy atom. The average molecular weight is 476 g/mol. The summed E-state index contributed by atoms with van der Waals surface area (Å²) in [6, 6.07) is 9.67. The van der Waals surface area contributed by atoms with Crippen LogP contribution in [-0.4, -0.2) is 40.1 Å². The molecule has 35 heavy (non-hydrogen) atoms. The Morgan fingerprint density at radius 3 is 2.80 bits per heavy atom. The number of anilines is 1. The van der Waals surface area contributed by atoms with Gasteiger partial charge in [-0.05, 0) is 70.0 Å². The maximum Gasteiger partial charge on any atom is 0.412 e. The van der Waals surface area contributed by atoms with Gasteiger partial charge in [0.15, 0.2) is 0 Å². The quantitative estimate of drug-likeness (QED) is 0.544. The van der Waals surface area contributed by atoms with E-state index in [0.717, 1.165) is 42.6 Å². The minimum Gasteiger partial charge on any atom is -0.465 e. The van der Waals surface area contributed by atoms with Crippen molar-refractivity contribution in [2.24, 2.45) is 0 Å². The lowest BCUT2D eigenvalue weighted by Gasteiger charge is -2.34. The Labute approximate surface area is 202 Å². The summed E-state index contributed by atoms with van der Waals surface area (Å²) in [6.07, 6.45) is 6.01. The van der Waals surface area contributed by atoms with E-state index in [9.17, 15) is 19.6 Å².